The van der Waals surface area contributed by atoms with Crippen molar-refractivity contribution < 1.29 is 13.2 Å². The summed E-state index contributed by atoms with van der Waals surface area (Å²) < 4.78 is 32.2. The summed E-state index contributed by atoms with van der Waals surface area (Å²) in [5, 5.41) is 0.0945. The Morgan fingerprint density at radius 1 is 1.43 bits per heavy atom. The molecule has 7 nitrogen and oxygen atoms in total. The van der Waals surface area contributed by atoms with E-state index < -0.39 is 10.0 Å². The van der Waals surface area contributed by atoms with E-state index in [2.05, 4.69) is 19.6 Å². The first-order chi connectivity index (χ1) is 11.1. The topological polar surface area (TPSA) is 87.3 Å². The monoisotopic (exact) mass is 336 g/mol. The summed E-state index contributed by atoms with van der Waals surface area (Å²) in [6, 6.07) is 7.88. The van der Waals surface area contributed by atoms with Crippen LogP contribution in [-0.2, 0) is 10.0 Å². The molecular formula is C15H20N4O3S. The second-order valence-corrected chi connectivity index (χ2v) is 7.28. The van der Waals surface area contributed by atoms with Crippen molar-refractivity contribution in [2.45, 2.75) is 11.4 Å². The van der Waals surface area contributed by atoms with Crippen LogP contribution in [0.4, 0.5) is 5.69 Å². The maximum absolute atomic E-state index is 12.1. The van der Waals surface area contributed by atoms with E-state index in [1.165, 1.54) is 12.5 Å². The lowest BCUT2D eigenvalue weighted by Crippen LogP contribution is -2.31. The zero-order valence-corrected chi connectivity index (χ0v) is 13.7. The van der Waals surface area contributed by atoms with Crippen molar-refractivity contribution in [1.29, 1.82) is 0 Å². The number of sulfonamides is 1. The Balaban J connectivity index is 1.60. The van der Waals surface area contributed by atoms with Crippen LogP contribution in [0.5, 0.6) is 5.75 Å². The van der Waals surface area contributed by atoms with Gasteiger partial charge in [0.1, 0.15) is 5.75 Å². The van der Waals surface area contributed by atoms with E-state index in [0.717, 1.165) is 30.9 Å². The van der Waals surface area contributed by atoms with Crippen molar-refractivity contribution in [1.82, 2.24) is 14.7 Å². The molecule has 1 aromatic carbocycles. The molecule has 3 rings (SSSR count). The smallest absolute Gasteiger partial charge is 0.257 e. The fraction of sp³-hybridized carbons (Fsp3) is 0.400. The maximum atomic E-state index is 12.1. The van der Waals surface area contributed by atoms with Crippen molar-refractivity contribution in [3.05, 3.63) is 36.8 Å². The summed E-state index contributed by atoms with van der Waals surface area (Å²) in [6.45, 7) is 2.09. The van der Waals surface area contributed by atoms with Gasteiger partial charge < -0.3 is 14.6 Å². The van der Waals surface area contributed by atoms with E-state index in [-0.39, 0.29) is 10.9 Å². The van der Waals surface area contributed by atoms with Crippen LogP contribution in [0, 0.1) is 5.92 Å². The van der Waals surface area contributed by atoms with Crippen LogP contribution in [-0.4, -0.2) is 45.1 Å². The number of aromatic amines is 1. The van der Waals surface area contributed by atoms with Gasteiger partial charge in [-0.25, -0.2) is 18.1 Å². The first-order valence-corrected chi connectivity index (χ1v) is 8.94. The second kappa shape index (κ2) is 6.59. The molecule has 8 heteroatoms. The zero-order chi connectivity index (χ0) is 16.3. The van der Waals surface area contributed by atoms with E-state index in [1.54, 1.807) is 7.11 Å². The SMILES string of the molecule is COc1ccccc1N1CCC(CNS(=O)(=O)c2cnc[nH]2)C1. The Hall–Kier alpha value is -2.06. The quantitative estimate of drug-likeness (QED) is 0.828. The van der Waals surface area contributed by atoms with Gasteiger partial charge >= 0.3 is 0 Å². The Morgan fingerprint density at radius 3 is 3.00 bits per heavy atom. The van der Waals surface area contributed by atoms with Crippen LogP contribution in [0.2, 0.25) is 0 Å². The van der Waals surface area contributed by atoms with Gasteiger partial charge in [-0.05, 0) is 24.5 Å². The Morgan fingerprint density at radius 2 is 2.26 bits per heavy atom. The van der Waals surface area contributed by atoms with Gasteiger partial charge in [-0.15, -0.1) is 0 Å². The average molecular weight is 336 g/mol. The molecule has 1 aliphatic heterocycles. The summed E-state index contributed by atoms with van der Waals surface area (Å²) in [5.74, 6) is 1.10. The van der Waals surface area contributed by atoms with Gasteiger partial charge in [0.25, 0.3) is 10.0 Å². The molecule has 1 aromatic heterocycles. The molecule has 0 aliphatic carbocycles. The molecule has 124 valence electrons. The highest BCUT2D eigenvalue weighted by atomic mass is 32.2. The predicted octanol–water partition coefficient (Wildman–Crippen LogP) is 1.22. The van der Waals surface area contributed by atoms with Gasteiger partial charge in [-0.2, -0.15) is 0 Å². The molecule has 1 saturated heterocycles. The highest BCUT2D eigenvalue weighted by Gasteiger charge is 2.26. The molecule has 1 atom stereocenters. The number of anilines is 1. The number of nitrogens with one attached hydrogen (secondary N) is 2. The third-order valence-corrected chi connectivity index (χ3v) is 5.39. The molecule has 0 amide bonds. The standard InChI is InChI=1S/C15H20N4O3S/c1-22-14-5-3-2-4-13(14)19-7-6-12(10-19)8-18-23(20,21)15-9-16-11-17-15/h2-5,9,11-12,18H,6-8,10H2,1H3,(H,16,17). The van der Waals surface area contributed by atoms with Crippen molar-refractivity contribution in [2.75, 3.05) is 31.6 Å². The minimum atomic E-state index is -3.51. The van der Waals surface area contributed by atoms with E-state index in [0.29, 0.717) is 6.54 Å². The number of aromatic nitrogens is 2. The fourth-order valence-corrected chi connectivity index (χ4v) is 3.82. The lowest BCUT2D eigenvalue weighted by atomic mass is 10.1. The molecule has 1 unspecified atom stereocenters. The van der Waals surface area contributed by atoms with Crippen LogP contribution < -0.4 is 14.4 Å². The fourth-order valence-electron chi connectivity index (χ4n) is 2.80. The van der Waals surface area contributed by atoms with Crippen LogP contribution in [0.1, 0.15) is 6.42 Å². The summed E-state index contributed by atoms with van der Waals surface area (Å²) in [4.78, 5) is 8.59. The number of ether oxygens (including phenoxy) is 1. The molecule has 0 spiro atoms. The van der Waals surface area contributed by atoms with Crippen molar-refractivity contribution >= 4 is 15.7 Å². The first kappa shape index (κ1) is 15.8. The largest absolute Gasteiger partial charge is 0.495 e. The molecule has 0 bridgehead atoms. The predicted molar refractivity (Wildman–Crippen MR) is 87.1 cm³/mol. The van der Waals surface area contributed by atoms with E-state index in [9.17, 15) is 8.42 Å². The molecule has 2 heterocycles. The molecule has 2 aromatic rings. The Labute approximate surface area is 135 Å². The van der Waals surface area contributed by atoms with Gasteiger partial charge in [0.2, 0.25) is 0 Å². The number of rotatable bonds is 6. The number of methoxy groups -OCH3 is 1. The van der Waals surface area contributed by atoms with Crippen molar-refractivity contribution in [2.24, 2.45) is 5.92 Å². The maximum Gasteiger partial charge on any atom is 0.257 e. The summed E-state index contributed by atoms with van der Waals surface area (Å²) >= 11 is 0. The zero-order valence-electron chi connectivity index (χ0n) is 12.9. The normalized spacial score (nSPS) is 18.3. The Bertz CT molecular complexity index is 746. The van der Waals surface area contributed by atoms with Crippen LogP contribution >= 0.6 is 0 Å². The van der Waals surface area contributed by atoms with Gasteiger partial charge in [0.15, 0.2) is 5.03 Å². The average Bonchev–Trinajstić information content (AvgIpc) is 3.25. The third kappa shape index (κ3) is 3.48. The molecule has 2 N–H and O–H groups in total. The summed E-state index contributed by atoms with van der Waals surface area (Å²) in [7, 11) is -1.85. The number of hydrogen-bond acceptors (Lipinski definition) is 5. The summed E-state index contributed by atoms with van der Waals surface area (Å²) in [6.07, 6.45) is 3.59. The Kier molecular flexibility index (Phi) is 4.53. The highest BCUT2D eigenvalue weighted by molar-refractivity contribution is 7.89. The van der Waals surface area contributed by atoms with Gasteiger partial charge in [-0.1, -0.05) is 12.1 Å². The molecule has 23 heavy (non-hydrogen) atoms. The van der Waals surface area contributed by atoms with Crippen molar-refractivity contribution in [3.8, 4) is 5.75 Å². The summed E-state index contributed by atoms with van der Waals surface area (Å²) in [5.41, 5.74) is 1.05. The third-order valence-electron chi connectivity index (χ3n) is 4.04. The highest BCUT2D eigenvalue weighted by Crippen LogP contribution is 2.31. The van der Waals surface area contributed by atoms with Crippen LogP contribution in [0.25, 0.3) is 0 Å². The molecule has 0 saturated carbocycles. The molecule has 0 radical (unpaired) electrons. The lowest BCUT2D eigenvalue weighted by Gasteiger charge is -2.21. The number of hydrogen-bond donors (Lipinski definition) is 2. The minimum absolute atomic E-state index is 0.0945. The van der Waals surface area contributed by atoms with Gasteiger partial charge in [0, 0.05) is 19.6 Å². The lowest BCUT2D eigenvalue weighted by molar-refractivity contribution is 0.414. The van der Waals surface area contributed by atoms with E-state index >= 15 is 0 Å². The van der Waals surface area contributed by atoms with Gasteiger partial charge in [-0.3, -0.25) is 0 Å². The van der Waals surface area contributed by atoms with Crippen LogP contribution in [0.3, 0.4) is 0 Å². The van der Waals surface area contributed by atoms with Crippen LogP contribution in [0.15, 0.2) is 41.8 Å². The first-order valence-electron chi connectivity index (χ1n) is 7.46. The number of nitrogens with zero attached hydrogens (tertiary/aromatic N) is 2. The van der Waals surface area contributed by atoms with E-state index in [1.807, 2.05) is 24.3 Å². The molecule has 1 fully saturated rings. The van der Waals surface area contributed by atoms with Gasteiger partial charge in [0.05, 0.1) is 25.3 Å². The van der Waals surface area contributed by atoms with Crippen molar-refractivity contribution in [3.63, 3.8) is 0 Å². The minimum Gasteiger partial charge on any atom is -0.495 e. The number of benzene rings is 1. The number of imidazole rings is 1. The number of para-hydroxylation sites is 2. The molecule has 1 aliphatic rings. The second-order valence-electron chi connectivity index (χ2n) is 5.54. The van der Waals surface area contributed by atoms with E-state index in [4.69, 9.17) is 4.74 Å². The molecular weight excluding hydrogens is 316 g/mol. The number of H-pyrrole nitrogens is 1.